The Morgan fingerprint density at radius 3 is 2.62 bits per heavy atom. The van der Waals surface area contributed by atoms with E-state index in [1.807, 2.05) is 31.2 Å². The number of aromatic nitrogens is 2. The van der Waals surface area contributed by atoms with Crippen LogP contribution in [0.5, 0.6) is 0 Å². The average Bonchev–Trinajstić information content (AvgIpc) is 3.32. The number of hydrogen-bond acceptors (Lipinski definition) is 4. The van der Waals surface area contributed by atoms with E-state index in [9.17, 15) is 14.4 Å². The molecule has 2 N–H and O–H groups in total. The first-order chi connectivity index (χ1) is 16.4. The highest BCUT2D eigenvalue weighted by molar-refractivity contribution is 6.31. The molecular weight excluding hydrogens is 454 g/mol. The Labute approximate surface area is 204 Å². The lowest BCUT2D eigenvalue weighted by Crippen LogP contribution is -2.65. The maximum absolute atomic E-state index is 13.7. The van der Waals surface area contributed by atoms with E-state index >= 15 is 0 Å². The second kappa shape index (κ2) is 9.06. The highest BCUT2D eigenvalue weighted by atomic mass is 35.5. The molecule has 1 aromatic heterocycles. The number of nitrogens with zero attached hydrogens (tertiary/aromatic N) is 3. The predicted octanol–water partition coefficient (Wildman–Crippen LogP) is 2.94. The lowest BCUT2D eigenvalue weighted by molar-refractivity contribution is -0.134. The molecule has 0 spiro atoms. The van der Waals surface area contributed by atoms with E-state index in [0.717, 1.165) is 44.1 Å². The third-order valence-electron chi connectivity index (χ3n) is 7.21. The van der Waals surface area contributed by atoms with Crippen LogP contribution in [0.2, 0.25) is 5.02 Å². The zero-order chi connectivity index (χ0) is 23.9. The minimum Gasteiger partial charge on any atom is -0.351 e. The van der Waals surface area contributed by atoms with E-state index in [0.29, 0.717) is 18.0 Å². The molecule has 1 aromatic carbocycles. The average molecular weight is 484 g/mol. The quantitative estimate of drug-likeness (QED) is 0.632. The van der Waals surface area contributed by atoms with Crippen molar-refractivity contribution in [1.82, 2.24) is 25.1 Å². The normalized spacial score (nSPS) is 22.5. The van der Waals surface area contributed by atoms with Crippen LogP contribution in [0.25, 0.3) is 0 Å². The lowest BCUT2D eigenvalue weighted by Gasteiger charge is -2.44. The molecule has 180 valence electrons. The summed E-state index contributed by atoms with van der Waals surface area (Å²) in [4.78, 5) is 46.0. The number of hydrogen-bond donors (Lipinski definition) is 2. The van der Waals surface area contributed by atoms with Crippen molar-refractivity contribution < 1.29 is 14.4 Å². The number of rotatable bonds is 7. The van der Waals surface area contributed by atoms with Crippen molar-refractivity contribution in [2.45, 2.75) is 76.0 Å². The fraction of sp³-hybridized carbons (Fsp3) is 0.520. The van der Waals surface area contributed by atoms with Crippen molar-refractivity contribution in [1.29, 1.82) is 0 Å². The van der Waals surface area contributed by atoms with Gasteiger partial charge in [0.1, 0.15) is 11.2 Å². The van der Waals surface area contributed by atoms with Gasteiger partial charge < -0.3 is 20.1 Å². The van der Waals surface area contributed by atoms with Gasteiger partial charge in [-0.05, 0) is 50.7 Å². The van der Waals surface area contributed by atoms with Crippen LogP contribution in [0, 0.1) is 0 Å². The van der Waals surface area contributed by atoms with Crippen molar-refractivity contribution in [2.75, 3.05) is 6.54 Å². The van der Waals surface area contributed by atoms with Gasteiger partial charge in [0.25, 0.3) is 11.8 Å². The Morgan fingerprint density at radius 1 is 1.18 bits per heavy atom. The molecule has 2 aliphatic carbocycles. The number of benzene rings is 1. The van der Waals surface area contributed by atoms with Gasteiger partial charge in [-0.3, -0.25) is 14.4 Å². The summed E-state index contributed by atoms with van der Waals surface area (Å²) in [7, 11) is 0. The molecule has 0 bridgehead atoms. The smallest absolute Gasteiger partial charge is 0.274 e. The van der Waals surface area contributed by atoms with Crippen molar-refractivity contribution in [3.8, 4) is 0 Å². The third-order valence-corrected chi connectivity index (χ3v) is 7.58. The van der Waals surface area contributed by atoms with E-state index in [4.69, 9.17) is 11.6 Å². The van der Waals surface area contributed by atoms with Crippen LogP contribution in [-0.4, -0.2) is 56.3 Å². The van der Waals surface area contributed by atoms with Crippen LogP contribution >= 0.6 is 11.6 Å². The van der Waals surface area contributed by atoms with E-state index < -0.39 is 11.4 Å². The number of imidazole rings is 1. The molecule has 2 saturated carbocycles. The first-order valence-corrected chi connectivity index (χ1v) is 12.5. The molecule has 9 heteroatoms. The van der Waals surface area contributed by atoms with Crippen LogP contribution in [-0.2, 0) is 17.8 Å². The highest BCUT2D eigenvalue weighted by Crippen LogP contribution is 2.39. The van der Waals surface area contributed by atoms with Gasteiger partial charge in [0.2, 0.25) is 5.91 Å². The second-order valence-corrected chi connectivity index (χ2v) is 10.2. The van der Waals surface area contributed by atoms with Crippen LogP contribution in [0.4, 0.5) is 0 Å². The summed E-state index contributed by atoms with van der Waals surface area (Å²) < 4.78 is 1.67. The molecule has 5 rings (SSSR count). The first-order valence-electron chi connectivity index (χ1n) is 12.1. The maximum atomic E-state index is 13.7. The van der Waals surface area contributed by atoms with Crippen molar-refractivity contribution in [3.63, 3.8) is 0 Å². The molecule has 1 aliphatic heterocycles. The van der Waals surface area contributed by atoms with Gasteiger partial charge in [-0.1, -0.05) is 42.6 Å². The molecule has 0 saturated heterocycles. The zero-order valence-electron chi connectivity index (χ0n) is 19.3. The highest BCUT2D eigenvalue weighted by Gasteiger charge is 2.54. The van der Waals surface area contributed by atoms with Crippen LogP contribution < -0.4 is 10.6 Å². The van der Waals surface area contributed by atoms with E-state index in [1.54, 1.807) is 9.47 Å². The molecular formula is C25H30ClN5O3. The van der Waals surface area contributed by atoms with Gasteiger partial charge in [0, 0.05) is 23.7 Å². The van der Waals surface area contributed by atoms with Crippen molar-refractivity contribution >= 4 is 29.3 Å². The minimum absolute atomic E-state index is 0.0200. The molecule has 2 heterocycles. The number of halogens is 1. The summed E-state index contributed by atoms with van der Waals surface area (Å²) in [6.45, 7) is 2.49. The summed E-state index contributed by atoms with van der Waals surface area (Å²) in [6, 6.07) is 7.69. The summed E-state index contributed by atoms with van der Waals surface area (Å²) in [6.07, 6.45) is 8.00. The van der Waals surface area contributed by atoms with Gasteiger partial charge >= 0.3 is 0 Å². The predicted molar refractivity (Wildman–Crippen MR) is 128 cm³/mol. The lowest BCUT2D eigenvalue weighted by atomic mass is 9.93. The van der Waals surface area contributed by atoms with Gasteiger partial charge in [0.15, 0.2) is 5.69 Å². The van der Waals surface area contributed by atoms with E-state index in [1.165, 1.54) is 6.33 Å². The molecule has 1 unspecified atom stereocenters. The summed E-state index contributed by atoms with van der Waals surface area (Å²) in [5, 5.41) is 6.69. The molecule has 2 fully saturated rings. The third kappa shape index (κ3) is 4.19. The van der Waals surface area contributed by atoms with E-state index in [-0.39, 0.29) is 41.8 Å². The molecule has 2 aromatic rings. The fourth-order valence-electron chi connectivity index (χ4n) is 5.23. The molecule has 3 amide bonds. The van der Waals surface area contributed by atoms with Gasteiger partial charge in [-0.15, -0.1) is 0 Å². The summed E-state index contributed by atoms with van der Waals surface area (Å²) >= 11 is 6.20. The summed E-state index contributed by atoms with van der Waals surface area (Å²) in [5.74, 6) is -0.819. The minimum atomic E-state index is -1.01. The molecule has 3 aliphatic rings. The number of carbonyl (C=O) groups excluding carboxylic acids is 3. The number of nitrogens with one attached hydrogen (secondary N) is 2. The molecule has 0 radical (unpaired) electrons. The molecule has 8 nitrogen and oxygen atoms in total. The van der Waals surface area contributed by atoms with Crippen LogP contribution in [0.3, 0.4) is 0 Å². The van der Waals surface area contributed by atoms with E-state index in [2.05, 4.69) is 15.6 Å². The SMILES string of the molecule is CC1(C(=O)NC2CCCC2)Cn2cnc(C(=O)NCCc3ccccc3Cl)c2C(=O)N1C1CC1. The Bertz CT molecular complexity index is 1120. The monoisotopic (exact) mass is 483 g/mol. The standard InChI is InChI=1S/C25H30ClN5O3/c1-25(24(34)29-17-7-3-4-8-17)14-30-15-28-20(21(30)23(33)31(25)18-10-11-18)22(32)27-13-12-16-6-2-5-9-19(16)26/h2,5-6,9,15,17-18H,3-4,7-8,10-14H2,1H3,(H,27,32)(H,29,34). The topological polar surface area (TPSA) is 96.3 Å². The molecule has 34 heavy (non-hydrogen) atoms. The van der Waals surface area contributed by atoms with Gasteiger partial charge in [-0.2, -0.15) is 0 Å². The largest absolute Gasteiger partial charge is 0.351 e. The van der Waals surface area contributed by atoms with Crippen LogP contribution in [0.1, 0.15) is 72.0 Å². The second-order valence-electron chi connectivity index (χ2n) is 9.80. The first kappa shape index (κ1) is 22.9. The Balaban J connectivity index is 1.34. The van der Waals surface area contributed by atoms with Crippen molar-refractivity contribution in [3.05, 3.63) is 52.6 Å². The number of fused-ring (bicyclic) bond motifs is 1. The number of carbonyl (C=O) groups is 3. The zero-order valence-corrected chi connectivity index (χ0v) is 20.1. The van der Waals surface area contributed by atoms with Gasteiger partial charge in [0.05, 0.1) is 12.9 Å². The fourth-order valence-corrected chi connectivity index (χ4v) is 5.46. The van der Waals surface area contributed by atoms with Gasteiger partial charge in [-0.25, -0.2) is 4.98 Å². The van der Waals surface area contributed by atoms with Crippen LogP contribution in [0.15, 0.2) is 30.6 Å². The summed E-state index contributed by atoms with van der Waals surface area (Å²) in [5.41, 5.74) is 0.296. The Hall–Kier alpha value is -2.87. The number of amides is 3. The Morgan fingerprint density at radius 2 is 1.91 bits per heavy atom. The van der Waals surface area contributed by atoms with Crippen molar-refractivity contribution in [2.24, 2.45) is 0 Å². The molecule has 1 atom stereocenters. The Kier molecular flexibility index (Phi) is 6.10. The maximum Gasteiger partial charge on any atom is 0.274 e.